The van der Waals surface area contributed by atoms with Crippen LogP contribution in [0.1, 0.15) is 51.7 Å². The summed E-state index contributed by atoms with van der Waals surface area (Å²) < 4.78 is 5.51. The molecule has 1 aromatic rings. The molecule has 1 atom stereocenters. The molecule has 0 radical (unpaired) electrons. The number of nitrogens with one attached hydrogen (secondary N) is 1. The minimum Gasteiger partial charge on any atom is -0.496 e. The standard InChI is InChI=1S/C16H27NO/c1-11(2)14-7-8-15(16(10-14)18-6)9-13(5)17-12(3)4/h7-8,10-13,17H,9H2,1-6H3. The van der Waals surface area contributed by atoms with Crippen molar-refractivity contribution >= 4 is 0 Å². The summed E-state index contributed by atoms with van der Waals surface area (Å²) in [5.74, 6) is 1.55. The molecule has 1 unspecified atom stereocenters. The molecule has 2 nitrogen and oxygen atoms in total. The van der Waals surface area contributed by atoms with E-state index in [1.807, 2.05) is 0 Å². The second-order valence-corrected chi connectivity index (χ2v) is 5.65. The van der Waals surface area contributed by atoms with Crippen LogP contribution in [-0.2, 0) is 6.42 Å². The van der Waals surface area contributed by atoms with Gasteiger partial charge < -0.3 is 10.1 Å². The summed E-state index contributed by atoms with van der Waals surface area (Å²) in [6, 6.07) is 7.56. The summed E-state index contributed by atoms with van der Waals surface area (Å²) in [5.41, 5.74) is 2.61. The number of hydrogen-bond acceptors (Lipinski definition) is 2. The molecule has 0 aliphatic rings. The van der Waals surface area contributed by atoms with Crippen LogP contribution in [0, 0.1) is 0 Å². The van der Waals surface area contributed by atoms with E-state index in [0.717, 1.165) is 12.2 Å². The van der Waals surface area contributed by atoms with E-state index in [0.29, 0.717) is 18.0 Å². The van der Waals surface area contributed by atoms with Crippen LogP contribution in [-0.4, -0.2) is 19.2 Å². The average Bonchev–Trinajstić information content (AvgIpc) is 2.27. The van der Waals surface area contributed by atoms with Gasteiger partial charge in [-0.15, -0.1) is 0 Å². The quantitative estimate of drug-likeness (QED) is 0.829. The van der Waals surface area contributed by atoms with Gasteiger partial charge in [0.2, 0.25) is 0 Å². The normalized spacial score (nSPS) is 13.1. The molecule has 1 aromatic carbocycles. The average molecular weight is 249 g/mol. The molecule has 0 saturated carbocycles. The Balaban J connectivity index is 2.82. The smallest absolute Gasteiger partial charge is 0.122 e. The third-order valence-corrected chi connectivity index (χ3v) is 3.12. The van der Waals surface area contributed by atoms with E-state index in [4.69, 9.17) is 4.74 Å². The molecule has 0 spiro atoms. The van der Waals surface area contributed by atoms with E-state index < -0.39 is 0 Å². The number of hydrogen-bond donors (Lipinski definition) is 1. The molecule has 2 heteroatoms. The summed E-state index contributed by atoms with van der Waals surface area (Å²) >= 11 is 0. The van der Waals surface area contributed by atoms with Crippen molar-refractivity contribution in [1.82, 2.24) is 5.32 Å². The molecule has 102 valence electrons. The Morgan fingerprint density at radius 1 is 1.11 bits per heavy atom. The van der Waals surface area contributed by atoms with Crippen LogP contribution in [0.5, 0.6) is 5.75 Å². The zero-order valence-corrected chi connectivity index (χ0v) is 12.6. The highest BCUT2D eigenvalue weighted by molar-refractivity contribution is 5.39. The van der Waals surface area contributed by atoms with Gasteiger partial charge in [-0.2, -0.15) is 0 Å². The fourth-order valence-electron chi connectivity index (χ4n) is 2.25. The van der Waals surface area contributed by atoms with Gasteiger partial charge in [0.15, 0.2) is 0 Å². The van der Waals surface area contributed by atoms with Gasteiger partial charge in [-0.3, -0.25) is 0 Å². The molecule has 0 aliphatic carbocycles. The minimum atomic E-state index is 0.462. The van der Waals surface area contributed by atoms with Gasteiger partial charge in [-0.25, -0.2) is 0 Å². The lowest BCUT2D eigenvalue weighted by Crippen LogP contribution is -2.33. The number of rotatable bonds is 6. The Labute approximate surface area is 112 Å². The number of methoxy groups -OCH3 is 1. The highest BCUT2D eigenvalue weighted by atomic mass is 16.5. The van der Waals surface area contributed by atoms with Crippen molar-refractivity contribution in [1.29, 1.82) is 0 Å². The van der Waals surface area contributed by atoms with Gasteiger partial charge in [-0.05, 0) is 36.5 Å². The Hall–Kier alpha value is -1.02. The third kappa shape index (κ3) is 4.34. The Bertz CT molecular complexity index is 371. The summed E-state index contributed by atoms with van der Waals surface area (Å²) in [5, 5.41) is 3.52. The molecular formula is C16H27NO. The highest BCUT2D eigenvalue weighted by Gasteiger charge is 2.11. The van der Waals surface area contributed by atoms with Gasteiger partial charge >= 0.3 is 0 Å². The molecule has 1 rings (SSSR count). The van der Waals surface area contributed by atoms with E-state index in [1.165, 1.54) is 11.1 Å². The molecule has 0 aliphatic heterocycles. The van der Waals surface area contributed by atoms with Gasteiger partial charge in [0, 0.05) is 12.1 Å². The van der Waals surface area contributed by atoms with Crippen molar-refractivity contribution in [3.05, 3.63) is 29.3 Å². The van der Waals surface area contributed by atoms with E-state index in [1.54, 1.807) is 7.11 Å². The van der Waals surface area contributed by atoms with Crippen molar-refractivity contribution in [3.63, 3.8) is 0 Å². The SMILES string of the molecule is COc1cc(C(C)C)ccc1CC(C)NC(C)C. The summed E-state index contributed by atoms with van der Waals surface area (Å²) in [4.78, 5) is 0. The number of benzene rings is 1. The lowest BCUT2D eigenvalue weighted by Gasteiger charge is -2.19. The van der Waals surface area contributed by atoms with Crippen LogP contribution < -0.4 is 10.1 Å². The number of ether oxygens (including phenoxy) is 1. The van der Waals surface area contributed by atoms with Crippen LogP contribution in [0.2, 0.25) is 0 Å². The molecular weight excluding hydrogens is 222 g/mol. The maximum atomic E-state index is 5.51. The molecule has 1 N–H and O–H groups in total. The van der Waals surface area contributed by atoms with E-state index in [2.05, 4.69) is 58.1 Å². The lowest BCUT2D eigenvalue weighted by atomic mass is 9.98. The maximum absolute atomic E-state index is 5.51. The summed E-state index contributed by atoms with van der Waals surface area (Å²) in [6.07, 6.45) is 1.000. The molecule has 18 heavy (non-hydrogen) atoms. The van der Waals surface area contributed by atoms with Crippen LogP contribution in [0.25, 0.3) is 0 Å². The topological polar surface area (TPSA) is 21.3 Å². The van der Waals surface area contributed by atoms with Gasteiger partial charge in [-0.1, -0.05) is 39.8 Å². The Kier molecular flexibility index (Phi) is 5.67. The first kappa shape index (κ1) is 15.0. The second kappa shape index (κ2) is 6.79. The largest absolute Gasteiger partial charge is 0.496 e. The summed E-state index contributed by atoms with van der Waals surface area (Å²) in [6.45, 7) is 11.0. The van der Waals surface area contributed by atoms with Crippen molar-refractivity contribution in [3.8, 4) is 5.75 Å². The van der Waals surface area contributed by atoms with Crippen LogP contribution in [0.4, 0.5) is 0 Å². The molecule has 0 saturated heterocycles. The van der Waals surface area contributed by atoms with Gasteiger partial charge in [0.1, 0.15) is 5.75 Å². The Morgan fingerprint density at radius 2 is 1.78 bits per heavy atom. The van der Waals surface area contributed by atoms with E-state index in [-0.39, 0.29) is 0 Å². The zero-order chi connectivity index (χ0) is 13.7. The highest BCUT2D eigenvalue weighted by Crippen LogP contribution is 2.25. The predicted molar refractivity (Wildman–Crippen MR) is 78.5 cm³/mol. The second-order valence-electron chi connectivity index (χ2n) is 5.65. The van der Waals surface area contributed by atoms with Crippen molar-refractivity contribution < 1.29 is 4.74 Å². The maximum Gasteiger partial charge on any atom is 0.122 e. The van der Waals surface area contributed by atoms with Crippen molar-refractivity contribution in [2.45, 2.75) is 59.0 Å². The molecule has 0 aromatic heterocycles. The van der Waals surface area contributed by atoms with Crippen molar-refractivity contribution in [2.75, 3.05) is 7.11 Å². The summed E-state index contributed by atoms with van der Waals surface area (Å²) in [7, 11) is 1.75. The fourth-order valence-corrected chi connectivity index (χ4v) is 2.25. The van der Waals surface area contributed by atoms with Crippen LogP contribution in [0.3, 0.4) is 0 Å². The molecule has 0 heterocycles. The zero-order valence-electron chi connectivity index (χ0n) is 12.6. The monoisotopic (exact) mass is 249 g/mol. The lowest BCUT2D eigenvalue weighted by molar-refractivity contribution is 0.403. The fraction of sp³-hybridized carbons (Fsp3) is 0.625. The molecule has 0 fully saturated rings. The van der Waals surface area contributed by atoms with Gasteiger partial charge in [0.05, 0.1) is 7.11 Å². The first-order valence-electron chi connectivity index (χ1n) is 6.86. The third-order valence-electron chi connectivity index (χ3n) is 3.12. The molecule has 0 amide bonds. The van der Waals surface area contributed by atoms with E-state index >= 15 is 0 Å². The first-order valence-corrected chi connectivity index (χ1v) is 6.86. The Morgan fingerprint density at radius 3 is 2.28 bits per heavy atom. The van der Waals surface area contributed by atoms with Gasteiger partial charge in [0.25, 0.3) is 0 Å². The van der Waals surface area contributed by atoms with E-state index in [9.17, 15) is 0 Å². The van der Waals surface area contributed by atoms with Crippen molar-refractivity contribution in [2.24, 2.45) is 0 Å². The molecule has 0 bridgehead atoms. The van der Waals surface area contributed by atoms with Crippen LogP contribution >= 0.6 is 0 Å². The first-order chi connectivity index (χ1) is 8.43. The predicted octanol–water partition coefficient (Wildman–Crippen LogP) is 3.75. The van der Waals surface area contributed by atoms with Crippen LogP contribution in [0.15, 0.2) is 18.2 Å². The minimum absolute atomic E-state index is 0.462.